The number of ether oxygens (including phenoxy) is 1. The lowest BCUT2D eigenvalue weighted by molar-refractivity contribution is -0.115. The summed E-state index contributed by atoms with van der Waals surface area (Å²) in [6.07, 6.45) is 1.70. The van der Waals surface area contributed by atoms with E-state index in [2.05, 4.69) is 10.3 Å². The van der Waals surface area contributed by atoms with Gasteiger partial charge in [-0.25, -0.2) is 4.99 Å². The van der Waals surface area contributed by atoms with Gasteiger partial charge in [-0.15, -0.1) is 0 Å². The standard InChI is InChI=1S/C18H14Cl2N2O3S/c1-2-25-14-8-10(6-7-13(14)23)9-15-17(24)22-18(26-15)21-12-5-3-4-11(19)16(12)20/h3-9,23H,2H2,1H3,(H,21,22,24). The maximum Gasteiger partial charge on any atom is 0.264 e. The average Bonchev–Trinajstić information content (AvgIpc) is 2.94. The Balaban J connectivity index is 1.86. The summed E-state index contributed by atoms with van der Waals surface area (Å²) >= 11 is 13.3. The van der Waals surface area contributed by atoms with Gasteiger partial charge in [0.25, 0.3) is 5.91 Å². The largest absolute Gasteiger partial charge is 0.504 e. The van der Waals surface area contributed by atoms with Gasteiger partial charge >= 0.3 is 0 Å². The third-order valence-corrected chi connectivity index (χ3v) is 5.10. The predicted octanol–water partition coefficient (Wildman–Crippen LogP) is 4.99. The summed E-state index contributed by atoms with van der Waals surface area (Å²) in [7, 11) is 0. The van der Waals surface area contributed by atoms with Gasteiger partial charge in [0, 0.05) is 0 Å². The molecule has 8 heteroatoms. The van der Waals surface area contributed by atoms with Gasteiger partial charge in [0.1, 0.15) is 0 Å². The number of carbonyl (C=O) groups is 1. The smallest absolute Gasteiger partial charge is 0.264 e. The van der Waals surface area contributed by atoms with Crippen LogP contribution in [-0.4, -0.2) is 22.8 Å². The van der Waals surface area contributed by atoms with Crippen LogP contribution >= 0.6 is 35.0 Å². The molecule has 0 aliphatic carbocycles. The van der Waals surface area contributed by atoms with Crippen molar-refractivity contribution in [1.82, 2.24) is 5.32 Å². The first-order valence-electron chi connectivity index (χ1n) is 7.67. The third kappa shape index (κ3) is 4.15. The SMILES string of the molecule is CCOc1cc(C=C2SC(=Nc3cccc(Cl)c3Cl)NC2=O)ccc1O. The van der Waals surface area contributed by atoms with Crippen LogP contribution in [0, 0.1) is 0 Å². The Labute approximate surface area is 164 Å². The number of amidine groups is 1. The van der Waals surface area contributed by atoms with Crippen molar-refractivity contribution in [2.45, 2.75) is 6.92 Å². The van der Waals surface area contributed by atoms with Crippen LogP contribution < -0.4 is 10.1 Å². The Morgan fingerprint density at radius 3 is 2.88 bits per heavy atom. The first kappa shape index (κ1) is 18.6. The highest BCUT2D eigenvalue weighted by molar-refractivity contribution is 8.18. The summed E-state index contributed by atoms with van der Waals surface area (Å²) in [5.74, 6) is 0.151. The second-order valence-electron chi connectivity index (χ2n) is 5.21. The minimum absolute atomic E-state index is 0.0513. The van der Waals surface area contributed by atoms with Crippen molar-refractivity contribution < 1.29 is 14.6 Å². The molecule has 2 N–H and O–H groups in total. The summed E-state index contributed by atoms with van der Waals surface area (Å²) in [5.41, 5.74) is 1.21. The number of benzene rings is 2. The molecule has 1 amide bonds. The molecule has 2 aromatic rings. The number of aromatic hydroxyl groups is 1. The predicted molar refractivity (Wildman–Crippen MR) is 107 cm³/mol. The lowest BCUT2D eigenvalue weighted by Crippen LogP contribution is -2.19. The lowest BCUT2D eigenvalue weighted by Gasteiger charge is -2.06. The molecule has 134 valence electrons. The van der Waals surface area contributed by atoms with E-state index in [4.69, 9.17) is 27.9 Å². The first-order valence-corrected chi connectivity index (χ1v) is 9.24. The van der Waals surface area contributed by atoms with Crippen LogP contribution in [0.5, 0.6) is 11.5 Å². The highest BCUT2D eigenvalue weighted by atomic mass is 35.5. The number of phenols is 1. The molecule has 1 aliphatic heterocycles. The number of aliphatic imine (C=N–C) groups is 1. The number of hydrogen-bond acceptors (Lipinski definition) is 5. The Morgan fingerprint density at radius 2 is 2.12 bits per heavy atom. The van der Waals surface area contributed by atoms with Crippen LogP contribution in [0.2, 0.25) is 10.0 Å². The van der Waals surface area contributed by atoms with Gasteiger partial charge in [-0.3, -0.25) is 4.79 Å². The van der Waals surface area contributed by atoms with Crippen molar-refractivity contribution in [2.75, 3.05) is 6.61 Å². The number of thioether (sulfide) groups is 1. The van der Waals surface area contributed by atoms with Crippen molar-refractivity contribution in [1.29, 1.82) is 0 Å². The zero-order valence-electron chi connectivity index (χ0n) is 13.6. The molecule has 26 heavy (non-hydrogen) atoms. The molecular weight excluding hydrogens is 395 g/mol. The molecule has 5 nitrogen and oxygen atoms in total. The van der Waals surface area contributed by atoms with Crippen molar-refractivity contribution in [3.05, 3.63) is 56.9 Å². The molecular formula is C18H14Cl2N2O3S. The number of carbonyl (C=O) groups excluding carboxylic acids is 1. The summed E-state index contributed by atoms with van der Waals surface area (Å²) < 4.78 is 5.36. The average molecular weight is 409 g/mol. The van der Waals surface area contributed by atoms with Gasteiger partial charge in [-0.05, 0) is 54.6 Å². The molecule has 0 aromatic heterocycles. The van der Waals surface area contributed by atoms with E-state index >= 15 is 0 Å². The normalized spacial score (nSPS) is 17.0. The van der Waals surface area contributed by atoms with E-state index in [1.807, 2.05) is 6.92 Å². The molecule has 0 spiro atoms. The molecule has 1 aliphatic rings. The second-order valence-corrected chi connectivity index (χ2v) is 7.03. The fourth-order valence-corrected chi connectivity index (χ4v) is 3.38. The molecule has 1 heterocycles. The van der Waals surface area contributed by atoms with Gasteiger partial charge < -0.3 is 15.2 Å². The summed E-state index contributed by atoms with van der Waals surface area (Å²) in [6.45, 7) is 2.26. The fourth-order valence-electron chi connectivity index (χ4n) is 2.21. The fraction of sp³-hybridized carbons (Fsp3) is 0.111. The van der Waals surface area contributed by atoms with Crippen LogP contribution in [0.4, 0.5) is 5.69 Å². The van der Waals surface area contributed by atoms with Gasteiger partial charge in [-0.1, -0.05) is 35.3 Å². The molecule has 3 rings (SSSR count). The second kappa shape index (κ2) is 8.03. The summed E-state index contributed by atoms with van der Waals surface area (Å²) in [4.78, 5) is 17.0. The number of phenolic OH excluding ortho intramolecular Hbond substituents is 1. The summed E-state index contributed by atoms with van der Waals surface area (Å²) in [6, 6.07) is 10.0. The quantitative estimate of drug-likeness (QED) is 0.698. The molecule has 0 radical (unpaired) electrons. The van der Waals surface area contributed by atoms with Crippen LogP contribution in [0.25, 0.3) is 6.08 Å². The molecule has 1 saturated heterocycles. The Hall–Kier alpha value is -2.15. The molecule has 0 unspecified atom stereocenters. The number of amides is 1. The van der Waals surface area contributed by atoms with Crippen molar-refractivity contribution in [3.8, 4) is 11.5 Å². The van der Waals surface area contributed by atoms with Crippen LogP contribution in [0.15, 0.2) is 46.3 Å². The van der Waals surface area contributed by atoms with Crippen molar-refractivity contribution in [3.63, 3.8) is 0 Å². The molecule has 0 bridgehead atoms. The topological polar surface area (TPSA) is 70.9 Å². The van der Waals surface area contributed by atoms with Gasteiger partial charge in [0.2, 0.25) is 0 Å². The first-order chi connectivity index (χ1) is 12.5. The number of hydrogen-bond donors (Lipinski definition) is 2. The van der Waals surface area contributed by atoms with Crippen LogP contribution in [-0.2, 0) is 4.79 Å². The third-order valence-electron chi connectivity index (χ3n) is 3.39. The van der Waals surface area contributed by atoms with Gasteiger partial charge in [-0.2, -0.15) is 0 Å². The van der Waals surface area contributed by atoms with E-state index in [0.717, 1.165) is 5.56 Å². The van der Waals surface area contributed by atoms with Gasteiger partial charge in [0.05, 0.1) is 27.2 Å². The lowest BCUT2D eigenvalue weighted by atomic mass is 10.2. The Morgan fingerprint density at radius 1 is 1.31 bits per heavy atom. The highest BCUT2D eigenvalue weighted by Gasteiger charge is 2.24. The van der Waals surface area contributed by atoms with Gasteiger partial charge in [0.15, 0.2) is 16.7 Å². The minimum Gasteiger partial charge on any atom is -0.504 e. The van der Waals surface area contributed by atoms with E-state index in [0.29, 0.717) is 38.2 Å². The zero-order valence-corrected chi connectivity index (χ0v) is 16.0. The van der Waals surface area contributed by atoms with E-state index in [1.165, 1.54) is 17.8 Å². The zero-order chi connectivity index (χ0) is 18.7. The maximum atomic E-state index is 12.2. The van der Waals surface area contributed by atoms with Crippen molar-refractivity contribution in [2.24, 2.45) is 4.99 Å². The minimum atomic E-state index is -0.266. The molecule has 1 fully saturated rings. The Bertz CT molecular complexity index is 929. The van der Waals surface area contributed by atoms with E-state index in [9.17, 15) is 9.90 Å². The number of nitrogens with one attached hydrogen (secondary N) is 1. The monoisotopic (exact) mass is 408 g/mol. The van der Waals surface area contributed by atoms with E-state index < -0.39 is 0 Å². The maximum absolute atomic E-state index is 12.2. The number of nitrogens with zero attached hydrogens (tertiary/aromatic N) is 1. The van der Waals surface area contributed by atoms with Crippen LogP contribution in [0.1, 0.15) is 12.5 Å². The number of rotatable bonds is 4. The molecule has 0 saturated carbocycles. The Kier molecular flexibility index (Phi) is 5.76. The van der Waals surface area contributed by atoms with Crippen LogP contribution in [0.3, 0.4) is 0 Å². The van der Waals surface area contributed by atoms with Crippen molar-refractivity contribution >= 4 is 57.8 Å². The van der Waals surface area contributed by atoms with E-state index in [1.54, 1.807) is 36.4 Å². The molecule has 2 aromatic carbocycles. The highest BCUT2D eigenvalue weighted by Crippen LogP contribution is 2.35. The molecule has 0 atom stereocenters. The summed E-state index contributed by atoms with van der Waals surface area (Å²) in [5, 5.41) is 13.6. The number of halogens is 2. The van der Waals surface area contributed by atoms with E-state index in [-0.39, 0.29) is 11.7 Å².